The minimum Gasteiger partial charge on any atom is -0.466 e. The van der Waals surface area contributed by atoms with E-state index >= 15 is 0 Å². The molecular formula is C22H21FN2O4. The molecule has 2 N–H and O–H groups in total. The first-order valence-corrected chi connectivity index (χ1v) is 9.73. The average Bonchev–Trinajstić information content (AvgIpc) is 3.18. The van der Waals surface area contributed by atoms with E-state index in [1.165, 1.54) is 12.1 Å². The standard InChI is InChI=1S/C22H21FN2O4/c1-2-29-20(27)9-8-14-18(24-16-4-3-5-19(26)21(14)16)11-15-13-7-6-12(23)10-17(13)25-22(15)28/h6-7,10-11,24H,2-5,8-9H2,1H3,(H,25,28)/b15-11-. The molecule has 1 aliphatic heterocycles. The fourth-order valence-electron chi connectivity index (χ4n) is 3.99. The predicted molar refractivity (Wildman–Crippen MR) is 106 cm³/mol. The van der Waals surface area contributed by atoms with Crippen molar-refractivity contribution in [3.8, 4) is 0 Å². The van der Waals surface area contributed by atoms with Gasteiger partial charge in [-0.05, 0) is 56.0 Å². The number of esters is 1. The van der Waals surface area contributed by atoms with Gasteiger partial charge < -0.3 is 15.0 Å². The van der Waals surface area contributed by atoms with Crippen LogP contribution in [0.4, 0.5) is 10.1 Å². The van der Waals surface area contributed by atoms with Crippen molar-refractivity contribution in [2.24, 2.45) is 0 Å². The van der Waals surface area contributed by atoms with Crippen molar-refractivity contribution in [1.82, 2.24) is 4.98 Å². The van der Waals surface area contributed by atoms with E-state index in [0.717, 1.165) is 24.1 Å². The van der Waals surface area contributed by atoms with Crippen LogP contribution in [0.1, 0.15) is 59.1 Å². The number of rotatable bonds is 5. The summed E-state index contributed by atoms with van der Waals surface area (Å²) in [4.78, 5) is 40.1. The van der Waals surface area contributed by atoms with Gasteiger partial charge in [0.05, 0.1) is 17.9 Å². The van der Waals surface area contributed by atoms with Gasteiger partial charge in [0.2, 0.25) is 0 Å². The molecule has 29 heavy (non-hydrogen) atoms. The number of ketones is 1. The van der Waals surface area contributed by atoms with Crippen LogP contribution in [-0.2, 0) is 27.2 Å². The number of amides is 1. The van der Waals surface area contributed by atoms with Crippen molar-refractivity contribution in [1.29, 1.82) is 0 Å². The second-order valence-electron chi connectivity index (χ2n) is 7.15. The van der Waals surface area contributed by atoms with Gasteiger partial charge in [-0.25, -0.2) is 4.39 Å². The zero-order valence-corrected chi connectivity index (χ0v) is 16.1. The van der Waals surface area contributed by atoms with E-state index in [1.54, 1.807) is 19.1 Å². The van der Waals surface area contributed by atoms with Gasteiger partial charge in [0.15, 0.2) is 5.78 Å². The summed E-state index contributed by atoms with van der Waals surface area (Å²) < 4.78 is 18.5. The zero-order chi connectivity index (χ0) is 20.5. The Labute approximate surface area is 167 Å². The Bertz CT molecular complexity index is 1050. The summed E-state index contributed by atoms with van der Waals surface area (Å²) >= 11 is 0. The normalized spacial score (nSPS) is 16.6. The first kappa shape index (κ1) is 19.1. The molecule has 0 unspecified atom stereocenters. The zero-order valence-electron chi connectivity index (χ0n) is 16.1. The van der Waals surface area contributed by atoms with Crippen molar-refractivity contribution in [2.45, 2.75) is 39.0 Å². The Kier molecular flexibility index (Phi) is 5.05. The number of Topliss-reactive ketones (excluding diaryl/α,β-unsaturated/α-hetero) is 1. The highest BCUT2D eigenvalue weighted by Crippen LogP contribution is 2.36. The second-order valence-corrected chi connectivity index (χ2v) is 7.15. The molecule has 7 heteroatoms. The lowest BCUT2D eigenvalue weighted by Crippen LogP contribution is -2.12. The maximum Gasteiger partial charge on any atom is 0.306 e. The lowest BCUT2D eigenvalue weighted by molar-refractivity contribution is -0.143. The van der Waals surface area contributed by atoms with Crippen LogP contribution in [0, 0.1) is 5.82 Å². The fraction of sp³-hybridized carbons (Fsp3) is 0.318. The molecule has 6 nitrogen and oxygen atoms in total. The van der Waals surface area contributed by atoms with E-state index in [0.29, 0.717) is 47.5 Å². The molecule has 2 aliphatic rings. The number of carbonyl (C=O) groups excluding carboxylic acids is 3. The van der Waals surface area contributed by atoms with Crippen molar-refractivity contribution in [3.63, 3.8) is 0 Å². The van der Waals surface area contributed by atoms with Crippen LogP contribution < -0.4 is 5.32 Å². The minimum absolute atomic E-state index is 0.0457. The Morgan fingerprint density at radius 1 is 1.28 bits per heavy atom. The number of carbonyl (C=O) groups is 3. The number of halogens is 1. The van der Waals surface area contributed by atoms with Crippen LogP contribution in [0.2, 0.25) is 0 Å². The third kappa shape index (κ3) is 3.60. The van der Waals surface area contributed by atoms with Gasteiger partial charge in [-0.1, -0.05) is 0 Å². The van der Waals surface area contributed by atoms with Crippen molar-refractivity contribution >= 4 is 35.0 Å². The topological polar surface area (TPSA) is 88.3 Å². The number of ether oxygens (including phenoxy) is 1. The molecule has 0 bridgehead atoms. The van der Waals surface area contributed by atoms with Gasteiger partial charge in [0, 0.05) is 35.4 Å². The summed E-state index contributed by atoms with van der Waals surface area (Å²) in [5.41, 5.74) is 4.25. The molecule has 0 fully saturated rings. The first-order valence-electron chi connectivity index (χ1n) is 9.73. The number of aromatic amines is 1. The van der Waals surface area contributed by atoms with Crippen LogP contribution >= 0.6 is 0 Å². The van der Waals surface area contributed by atoms with Gasteiger partial charge >= 0.3 is 5.97 Å². The number of H-pyrrole nitrogens is 1. The van der Waals surface area contributed by atoms with Gasteiger partial charge in [0.1, 0.15) is 5.82 Å². The van der Waals surface area contributed by atoms with E-state index in [-0.39, 0.29) is 24.1 Å². The Morgan fingerprint density at radius 3 is 2.90 bits per heavy atom. The number of hydrogen-bond donors (Lipinski definition) is 2. The monoisotopic (exact) mass is 396 g/mol. The summed E-state index contributed by atoms with van der Waals surface area (Å²) in [5, 5.41) is 2.66. The lowest BCUT2D eigenvalue weighted by Gasteiger charge is -2.11. The Morgan fingerprint density at radius 2 is 2.10 bits per heavy atom. The van der Waals surface area contributed by atoms with E-state index in [1.807, 2.05) is 0 Å². The number of nitrogens with one attached hydrogen (secondary N) is 2. The van der Waals surface area contributed by atoms with Gasteiger partial charge in [0.25, 0.3) is 5.91 Å². The highest BCUT2D eigenvalue weighted by atomic mass is 19.1. The molecule has 2 heterocycles. The molecule has 4 rings (SSSR count). The molecular weight excluding hydrogens is 375 g/mol. The molecule has 0 saturated carbocycles. The summed E-state index contributed by atoms with van der Waals surface area (Å²) in [6.45, 7) is 2.04. The van der Waals surface area contributed by atoms with Crippen LogP contribution in [0.5, 0.6) is 0 Å². The van der Waals surface area contributed by atoms with Gasteiger partial charge in [-0.15, -0.1) is 0 Å². The maximum atomic E-state index is 13.5. The number of fused-ring (bicyclic) bond motifs is 2. The van der Waals surface area contributed by atoms with Gasteiger partial charge in [-0.3, -0.25) is 14.4 Å². The van der Waals surface area contributed by atoms with E-state index in [9.17, 15) is 18.8 Å². The molecule has 150 valence electrons. The molecule has 1 aliphatic carbocycles. The second kappa shape index (κ2) is 7.66. The molecule has 0 saturated heterocycles. The molecule has 0 radical (unpaired) electrons. The minimum atomic E-state index is -0.429. The molecule has 2 aromatic rings. The van der Waals surface area contributed by atoms with Crippen LogP contribution in [0.15, 0.2) is 18.2 Å². The van der Waals surface area contributed by atoms with E-state index in [4.69, 9.17) is 4.74 Å². The Hall–Kier alpha value is -3.22. The third-order valence-corrected chi connectivity index (χ3v) is 5.26. The lowest BCUT2D eigenvalue weighted by atomic mass is 9.91. The highest BCUT2D eigenvalue weighted by molar-refractivity contribution is 6.35. The average molecular weight is 396 g/mol. The molecule has 0 spiro atoms. The summed E-state index contributed by atoms with van der Waals surface area (Å²) in [5.74, 6) is -1.05. The predicted octanol–water partition coefficient (Wildman–Crippen LogP) is 3.66. The molecule has 1 aromatic carbocycles. The van der Waals surface area contributed by atoms with Crippen LogP contribution in [-0.4, -0.2) is 29.3 Å². The quantitative estimate of drug-likeness (QED) is 0.596. The number of hydrogen-bond acceptors (Lipinski definition) is 4. The summed E-state index contributed by atoms with van der Waals surface area (Å²) in [6.07, 6.45) is 4.15. The highest BCUT2D eigenvalue weighted by Gasteiger charge is 2.29. The van der Waals surface area contributed by atoms with Crippen LogP contribution in [0.25, 0.3) is 11.6 Å². The van der Waals surface area contributed by atoms with Gasteiger partial charge in [-0.2, -0.15) is 0 Å². The van der Waals surface area contributed by atoms with Crippen LogP contribution in [0.3, 0.4) is 0 Å². The van der Waals surface area contributed by atoms with E-state index in [2.05, 4.69) is 10.3 Å². The smallest absolute Gasteiger partial charge is 0.306 e. The van der Waals surface area contributed by atoms with Crippen molar-refractivity contribution < 1.29 is 23.5 Å². The largest absolute Gasteiger partial charge is 0.466 e. The summed E-state index contributed by atoms with van der Waals surface area (Å²) in [7, 11) is 0. The SMILES string of the molecule is CCOC(=O)CCc1c(/C=C2\C(=O)Nc3cc(F)ccc32)[nH]c2c1C(=O)CCC2. The van der Waals surface area contributed by atoms with Crippen molar-refractivity contribution in [3.05, 3.63) is 52.1 Å². The maximum absolute atomic E-state index is 13.5. The summed E-state index contributed by atoms with van der Waals surface area (Å²) in [6, 6.07) is 4.14. The van der Waals surface area contributed by atoms with Crippen molar-refractivity contribution in [2.75, 3.05) is 11.9 Å². The molecule has 1 amide bonds. The molecule has 0 atom stereocenters. The third-order valence-electron chi connectivity index (χ3n) is 5.26. The number of benzene rings is 1. The number of aryl methyl sites for hydroxylation is 1. The fourth-order valence-corrected chi connectivity index (χ4v) is 3.99. The Balaban J connectivity index is 1.76. The molecule has 1 aromatic heterocycles. The first-order chi connectivity index (χ1) is 14.0. The number of anilines is 1. The van der Waals surface area contributed by atoms with E-state index < -0.39 is 5.82 Å². The number of aromatic nitrogens is 1.